The lowest BCUT2D eigenvalue weighted by atomic mass is 9.88. The van der Waals surface area contributed by atoms with E-state index in [4.69, 9.17) is 16.3 Å². The molecule has 0 spiro atoms. The molecule has 0 fully saturated rings. The molecule has 28 heavy (non-hydrogen) atoms. The molecular formula is C20H19ClF4O3. The van der Waals surface area contributed by atoms with E-state index in [9.17, 15) is 22.4 Å². The zero-order valence-electron chi connectivity index (χ0n) is 15.2. The Kier molecular flexibility index (Phi) is 7.29. The van der Waals surface area contributed by atoms with E-state index in [0.29, 0.717) is 10.6 Å². The zero-order chi connectivity index (χ0) is 20.9. The standard InChI is InChI=1S/C20H19ClF4O3/c1-12(2)17(14-6-8-15(21)9-7-14)18(26)27-11-13-4-3-5-16(10-13)28-20(24,25)19(22)23/h3-10,12,17,19H,11H2,1-2H3. The van der Waals surface area contributed by atoms with Crippen molar-refractivity contribution in [2.45, 2.75) is 38.9 Å². The van der Waals surface area contributed by atoms with Crippen LogP contribution in [-0.4, -0.2) is 18.5 Å². The molecule has 0 bridgehead atoms. The van der Waals surface area contributed by atoms with E-state index in [2.05, 4.69) is 4.74 Å². The molecule has 2 aromatic carbocycles. The van der Waals surface area contributed by atoms with Crippen molar-refractivity contribution in [2.75, 3.05) is 0 Å². The molecule has 0 saturated heterocycles. The number of alkyl halides is 4. The third-order valence-corrected chi connectivity index (χ3v) is 4.19. The maximum atomic E-state index is 13.0. The van der Waals surface area contributed by atoms with Crippen LogP contribution in [0, 0.1) is 5.92 Å². The van der Waals surface area contributed by atoms with E-state index in [1.165, 1.54) is 12.1 Å². The molecular weight excluding hydrogens is 400 g/mol. The smallest absolute Gasteiger partial charge is 0.460 e. The minimum Gasteiger partial charge on any atom is -0.460 e. The molecule has 0 aromatic heterocycles. The topological polar surface area (TPSA) is 35.5 Å². The second kappa shape index (κ2) is 9.28. The van der Waals surface area contributed by atoms with E-state index < -0.39 is 30.2 Å². The minimum atomic E-state index is -4.60. The zero-order valence-corrected chi connectivity index (χ0v) is 15.9. The summed E-state index contributed by atoms with van der Waals surface area (Å²) in [5.41, 5.74) is 1.06. The predicted molar refractivity (Wildman–Crippen MR) is 96.8 cm³/mol. The van der Waals surface area contributed by atoms with Crippen molar-refractivity contribution in [1.82, 2.24) is 0 Å². The molecule has 0 aliphatic rings. The van der Waals surface area contributed by atoms with Crippen molar-refractivity contribution < 1.29 is 31.8 Å². The highest BCUT2D eigenvalue weighted by atomic mass is 35.5. The van der Waals surface area contributed by atoms with Crippen LogP contribution in [0.2, 0.25) is 5.02 Å². The van der Waals surface area contributed by atoms with Crippen molar-refractivity contribution in [3.8, 4) is 5.75 Å². The highest BCUT2D eigenvalue weighted by Crippen LogP contribution is 2.29. The fourth-order valence-electron chi connectivity index (χ4n) is 2.61. The summed E-state index contributed by atoms with van der Waals surface area (Å²) in [6, 6.07) is 11.9. The van der Waals surface area contributed by atoms with Crippen molar-refractivity contribution >= 4 is 17.6 Å². The third-order valence-electron chi connectivity index (χ3n) is 3.94. The molecule has 0 saturated carbocycles. The van der Waals surface area contributed by atoms with Gasteiger partial charge in [-0.1, -0.05) is 49.7 Å². The van der Waals surface area contributed by atoms with Crippen LogP contribution in [0.1, 0.15) is 30.9 Å². The Balaban J connectivity index is 2.07. The van der Waals surface area contributed by atoms with Gasteiger partial charge in [0.1, 0.15) is 12.4 Å². The van der Waals surface area contributed by atoms with Crippen molar-refractivity contribution in [3.05, 3.63) is 64.7 Å². The fourth-order valence-corrected chi connectivity index (χ4v) is 2.73. The average molecular weight is 419 g/mol. The number of hydrogen-bond acceptors (Lipinski definition) is 3. The van der Waals surface area contributed by atoms with Crippen LogP contribution in [0.25, 0.3) is 0 Å². The van der Waals surface area contributed by atoms with Crippen LogP contribution in [-0.2, 0) is 16.1 Å². The molecule has 8 heteroatoms. The molecule has 1 unspecified atom stereocenters. The van der Waals surface area contributed by atoms with Crippen molar-refractivity contribution in [2.24, 2.45) is 5.92 Å². The maximum absolute atomic E-state index is 13.0. The first kappa shape index (κ1) is 22.0. The van der Waals surface area contributed by atoms with Gasteiger partial charge < -0.3 is 9.47 Å². The van der Waals surface area contributed by atoms with Gasteiger partial charge in [-0.3, -0.25) is 4.79 Å². The summed E-state index contributed by atoms with van der Waals surface area (Å²) in [5, 5.41) is 0.539. The molecule has 0 radical (unpaired) electrons. The molecule has 152 valence electrons. The number of rotatable bonds is 8. The van der Waals surface area contributed by atoms with Gasteiger partial charge in [0.2, 0.25) is 0 Å². The first-order valence-corrected chi connectivity index (χ1v) is 8.84. The van der Waals surface area contributed by atoms with Crippen LogP contribution < -0.4 is 4.74 Å². The summed E-state index contributed by atoms with van der Waals surface area (Å²) in [5.74, 6) is -1.55. The summed E-state index contributed by atoms with van der Waals surface area (Å²) < 4.78 is 59.9. The van der Waals surface area contributed by atoms with E-state index in [1.807, 2.05) is 13.8 Å². The molecule has 2 aromatic rings. The second-order valence-corrected chi connectivity index (χ2v) is 6.93. The number of esters is 1. The van der Waals surface area contributed by atoms with E-state index in [1.54, 1.807) is 24.3 Å². The van der Waals surface area contributed by atoms with Gasteiger partial charge in [-0.15, -0.1) is 0 Å². The molecule has 0 amide bonds. The van der Waals surface area contributed by atoms with Crippen LogP contribution in [0.3, 0.4) is 0 Å². The lowest BCUT2D eigenvalue weighted by Crippen LogP contribution is -2.33. The molecule has 0 N–H and O–H groups in total. The molecule has 2 rings (SSSR count). The monoisotopic (exact) mass is 418 g/mol. The quantitative estimate of drug-likeness (QED) is 0.386. The summed E-state index contributed by atoms with van der Waals surface area (Å²) in [4.78, 5) is 12.5. The molecule has 3 nitrogen and oxygen atoms in total. The van der Waals surface area contributed by atoms with Crippen molar-refractivity contribution in [1.29, 1.82) is 0 Å². The van der Waals surface area contributed by atoms with Crippen LogP contribution >= 0.6 is 11.6 Å². The Morgan fingerprint density at radius 2 is 1.75 bits per heavy atom. The Labute approximate surface area is 165 Å². The molecule has 0 aliphatic carbocycles. The van der Waals surface area contributed by atoms with Gasteiger partial charge in [0.25, 0.3) is 0 Å². The average Bonchev–Trinajstić information content (AvgIpc) is 2.61. The van der Waals surface area contributed by atoms with Crippen LogP contribution in [0.5, 0.6) is 5.75 Å². The largest absolute Gasteiger partial charge is 0.461 e. The number of carbonyl (C=O) groups excluding carboxylic acids is 1. The van der Waals surface area contributed by atoms with Crippen molar-refractivity contribution in [3.63, 3.8) is 0 Å². The van der Waals surface area contributed by atoms with Gasteiger partial charge in [0.15, 0.2) is 0 Å². The molecule has 0 heterocycles. The number of hydrogen-bond donors (Lipinski definition) is 0. The highest BCUT2D eigenvalue weighted by molar-refractivity contribution is 6.30. The summed E-state index contributed by atoms with van der Waals surface area (Å²) in [6.45, 7) is 3.51. The number of ether oxygens (including phenoxy) is 2. The number of carbonyl (C=O) groups is 1. The Morgan fingerprint density at radius 3 is 2.32 bits per heavy atom. The first-order chi connectivity index (χ1) is 13.1. The van der Waals surface area contributed by atoms with Gasteiger partial charge in [-0.05, 0) is 41.3 Å². The van der Waals surface area contributed by atoms with E-state index in [0.717, 1.165) is 17.7 Å². The highest BCUT2D eigenvalue weighted by Gasteiger charge is 2.44. The predicted octanol–water partition coefficient (Wildman–Crippen LogP) is 6.06. The Morgan fingerprint density at radius 1 is 1.11 bits per heavy atom. The normalized spacial score (nSPS) is 12.9. The lowest BCUT2D eigenvalue weighted by Gasteiger charge is -2.20. The third kappa shape index (κ3) is 5.86. The molecule has 0 aliphatic heterocycles. The van der Waals surface area contributed by atoms with Gasteiger partial charge in [-0.25, -0.2) is 0 Å². The Bertz CT molecular complexity index is 794. The summed E-state index contributed by atoms with van der Waals surface area (Å²) >= 11 is 5.87. The SMILES string of the molecule is CC(C)C(C(=O)OCc1cccc(OC(F)(F)C(F)F)c1)c1ccc(Cl)cc1. The van der Waals surface area contributed by atoms with Gasteiger partial charge in [0, 0.05) is 5.02 Å². The fraction of sp³-hybridized carbons (Fsp3) is 0.350. The second-order valence-electron chi connectivity index (χ2n) is 6.49. The minimum absolute atomic E-state index is 0.0620. The van der Waals surface area contributed by atoms with Gasteiger partial charge in [-0.2, -0.15) is 17.6 Å². The summed E-state index contributed by atoms with van der Waals surface area (Å²) in [7, 11) is 0. The lowest BCUT2D eigenvalue weighted by molar-refractivity contribution is -0.253. The van der Waals surface area contributed by atoms with Crippen LogP contribution in [0.15, 0.2) is 48.5 Å². The van der Waals surface area contributed by atoms with Crippen LogP contribution in [0.4, 0.5) is 17.6 Å². The number of halogens is 5. The summed E-state index contributed by atoms with van der Waals surface area (Å²) in [6.07, 6.45) is -8.56. The van der Waals surface area contributed by atoms with Gasteiger partial charge >= 0.3 is 18.5 Å². The Hall–Kier alpha value is -2.28. The first-order valence-electron chi connectivity index (χ1n) is 8.46. The van der Waals surface area contributed by atoms with E-state index in [-0.39, 0.29) is 12.5 Å². The molecule has 1 atom stereocenters. The van der Waals surface area contributed by atoms with E-state index >= 15 is 0 Å². The maximum Gasteiger partial charge on any atom is 0.461 e. The van der Waals surface area contributed by atoms with Gasteiger partial charge in [0.05, 0.1) is 5.92 Å². The number of benzene rings is 2.